The van der Waals surface area contributed by atoms with Gasteiger partial charge in [0, 0.05) is 6.54 Å². The molecule has 0 amide bonds. The summed E-state index contributed by atoms with van der Waals surface area (Å²) in [7, 11) is 0. The molecular weight excluding hydrogens is 217 g/mol. The van der Waals surface area contributed by atoms with Gasteiger partial charge in [0.25, 0.3) is 0 Å². The SMILES string of the molecule is CCC(NCc1cccc(F)c1)c1ccco1. The van der Waals surface area contributed by atoms with Gasteiger partial charge in [-0.1, -0.05) is 19.1 Å². The van der Waals surface area contributed by atoms with Crippen LogP contribution in [0.5, 0.6) is 0 Å². The van der Waals surface area contributed by atoms with E-state index in [9.17, 15) is 4.39 Å². The van der Waals surface area contributed by atoms with Crippen molar-refractivity contribution in [3.05, 3.63) is 59.8 Å². The Balaban J connectivity index is 1.97. The maximum atomic E-state index is 13.0. The summed E-state index contributed by atoms with van der Waals surface area (Å²) in [5.74, 6) is 0.722. The first-order valence-corrected chi connectivity index (χ1v) is 5.81. The minimum Gasteiger partial charge on any atom is -0.468 e. The summed E-state index contributed by atoms with van der Waals surface area (Å²) in [5, 5.41) is 3.35. The molecule has 1 N–H and O–H groups in total. The van der Waals surface area contributed by atoms with E-state index in [0.29, 0.717) is 6.54 Å². The molecule has 0 bridgehead atoms. The van der Waals surface area contributed by atoms with E-state index in [-0.39, 0.29) is 11.9 Å². The summed E-state index contributed by atoms with van der Waals surface area (Å²) in [5.41, 5.74) is 0.940. The van der Waals surface area contributed by atoms with Crippen LogP contribution in [0.3, 0.4) is 0 Å². The molecule has 2 aromatic rings. The molecule has 0 radical (unpaired) electrons. The summed E-state index contributed by atoms with van der Waals surface area (Å²) in [4.78, 5) is 0. The number of hydrogen-bond acceptors (Lipinski definition) is 2. The highest BCUT2D eigenvalue weighted by atomic mass is 19.1. The van der Waals surface area contributed by atoms with Crippen LogP contribution in [0, 0.1) is 5.82 Å². The molecule has 1 atom stereocenters. The van der Waals surface area contributed by atoms with Crippen molar-refractivity contribution in [2.45, 2.75) is 25.9 Å². The lowest BCUT2D eigenvalue weighted by Crippen LogP contribution is -2.19. The van der Waals surface area contributed by atoms with Gasteiger partial charge in [-0.2, -0.15) is 0 Å². The first-order valence-electron chi connectivity index (χ1n) is 5.81. The van der Waals surface area contributed by atoms with E-state index in [0.717, 1.165) is 17.7 Å². The molecule has 1 aromatic carbocycles. The van der Waals surface area contributed by atoms with Gasteiger partial charge in [-0.25, -0.2) is 4.39 Å². The Morgan fingerprint density at radius 3 is 2.82 bits per heavy atom. The molecule has 0 aliphatic rings. The van der Waals surface area contributed by atoms with Crippen molar-refractivity contribution < 1.29 is 8.81 Å². The van der Waals surface area contributed by atoms with E-state index in [1.807, 2.05) is 18.2 Å². The molecule has 1 unspecified atom stereocenters. The fraction of sp³-hybridized carbons (Fsp3) is 0.286. The molecule has 0 aliphatic heterocycles. The average Bonchev–Trinajstić information content (AvgIpc) is 2.84. The number of halogens is 1. The molecule has 0 saturated carbocycles. The van der Waals surface area contributed by atoms with Gasteiger partial charge in [0.1, 0.15) is 11.6 Å². The second-order valence-corrected chi connectivity index (χ2v) is 3.99. The molecule has 0 fully saturated rings. The lowest BCUT2D eigenvalue weighted by atomic mass is 10.1. The highest BCUT2D eigenvalue weighted by Crippen LogP contribution is 2.17. The molecule has 1 heterocycles. The molecule has 90 valence electrons. The zero-order chi connectivity index (χ0) is 12.1. The Morgan fingerprint density at radius 1 is 1.29 bits per heavy atom. The quantitative estimate of drug-likeness (QED) is 0.852. The standard InChI is InChI=1S/C14H16FNO/c1-2-13(14-7-4-8-17-14)16-10-11-5-3-6-12(15)9-11/h3-9,13,16H,2,10H2,1H3. The molecule has 1 aromatic heterocycles. The van der Waals surface area contributed by atoms with Crippen LogP contribution < -0.4 is 5.32 Å². The van der Waals surface area contributed by atoms with Gasteiger partial charge < -0.3 is 9.73 Å². The fourth-order valence-electron chi connectivity index (χ4n) is 1.82. The zero-order valence-corrected chi connectivity index (χ0v) is 9.82. The Morgan fingerprint density at radius 2 is 2.18 bits per heavy atom. The van der Waals surface area contributed by atoms with Gasteiger partial charge >= 0.3 is 0 Å². The average molecular weight is 233 g/mol. The van der Waals surface area contributed by atoms with Gasteiger partial charge in [0.15, 0.2) is 0 Å². The van der Waals surface area contributed by atoms with Gasteiger partial charge in [0.2, 0.25) is 0 Å². The molecule has 0 aliphatic carbocycles. The Hall–Kier alpha value is -1.61. The van der Waals surface area contributed by atoms with Crippen molar-refractivity contribution in [3.8, 4) is 0 Å². The van der Waals surface area contributed by atoms with E-state index in [1.165, 1.54) is 6.07 Å². The van der Waals surface area contributed by atoms with E-state index >= 15 is 0 Å². The second-order valence-electron chi connectivity index (χ2n) is 3.99. The molecule has 17 heavy (non-hydrogen) atoms. The maximum Gasteiger partial charge on any atom is 0.123 e. The van der Waals surface area contributed by atoms with Crippen LogP contribution in [0.2, 0.25) is 0 Å². The topological polar surface area (TPSA) is 25.2 Å². The number of rotatable bonds is 5. The van der Waals surface area contributed by atoms with Crippen molar-refractivity contribution in [1.29, 1.82) is 0 Å². The first-order chi connectivity index (χ1) is 8.29. The number of benzene rings is 1. The molecular formula is C14H16FNO. The van der Waals surface area contributed by atoms with E-state index in [2.05, 4.69) is 12.2 Å². The monoisotopic (exact) mass is 233 g/mol. The second kappa shape index (κ2) is 5.64. The molecule has 3 heteroatoms. The predicted molar refractivity (Wildman–Crippen MR) is 65.0 cm³/mol. The summed E-state index contributed by atoms with van der Waals surface area (Å²) >= 11 is 0. The van der Waals surface area contributed by atoms with Crippen LogP contribution in [-0.2, 0) is 6.54 Å². The molecule has 2 rings (SSSR count). The van der Waals surface area contributed by atoms with Crippen LogP contribution >= 0.6 is 0 Å². The van der Waals surface area contributed by atoms with Crippen LogP contribution in [0.1, 0.15) is 30.7 Å². The number of nitrogens with one attached hydrogen (secondary N) is 1. The van der Waals surface area contributed by atoms with E-state index in [1.54, 1.807) is 18.4 Å². The van der Waals surface area contributed by atoms with Crippen molar-refractivity contribution in [3.63, 3.8) is 0 Å². The summed E-state index contributed by atoms with van der Waals surface area (Å²) in [6.45, 7) is 2.72. The van der Waals surface area contributed by atoms with E-state index < -0.39 is 0 Å². The molecule has 0 saturated heterocycles. The van der Waals surface area contributed by atoms with Crippen molar-refractivity contribution in [2.75, 3.05) is 0 Å². The summed E-state index contributed by atoms with van der Waals surface area (Å²) in [6, 6.07) is 10.6. The van der Waals surface area contributed by atoms with Gasteiger partial charge in [-0.05, 0) is 36.2 Å². The highest BCUT2D eigenvalue weighted by molar-refractivity contribution is 5.16. The Kier molecular flexibility index (Phi) is 3.94. The Bertz CT molecular complexity index is 453. The lowest BCUT2D eigenvalue weighted by molar-refractivity contribution is 0.403. The zero-order valence-electron chi connectivity index (χ0n) is 9.82. The normalized spacial score (nSPS) is 12.6. The molecule has 0 spiro atoms. The smallest absolute Gasteiger partial charge is 0.123 e. The van der Waals surface area contributed by atoms with Gasteiger partial charge in [0.05, 0.1) is 12.3 Å². The predicted octanol–water partition coefficient (Wildman–Crippen LogP) is 3.66. The third-order valence-electron chi connectivity index (χ3n) is 2.74. The van der Waals surface area contributed by atoms with Crippen LogP contribution in [0.4, 0.5) is 4.39 Å². The minimum atomic E-state index is -0.199. The number of furan rings is 1. The van der Waals surface area contributed by atoms with Crippen molar-refractivity contribution in [1.82, 2.24) is 5.32 Å². The molecule has 2 nitrogen and oxygen atoms in total. The van der Waals surface area contributed by atoms with E-state index in [4.69, 9.17) is 4.42 Å². The minimum absolute atomic E-state index is 0.174. The third kappa shape index (κ3) is 3.17. The third-order valence-corrected chi connectivity index (χ3v) is 2.74. The Labute approximate surface area is 100 Å². The number of hydrogen-bond donors (Lipinski definition) is 1. The van der Waals surface area contributed by atoms with Gasteiger partial charge in [-0.15, -0.1) is 0 Å². The summed E-state index contributed by atoms with van der Waals surface area (Å²) < 4.78 is 18.4. The van der Waals surface area contributed by atoms with Crippen molar-refractivity contribution in [2.24, 2.45) is 0 Å². The first kappa shape index (κ1) is 11.9. The highest BCUT2D eigenvalue weighted by Gasteiger charge is 2.10. The van der Waals surface area contributed by atoms with Crippen LogP contribution in [0.15, 0.2) is 47.1 Å². The largest absolute Gasteiger partial charge is 0.468 e. The lowest BCUT2D eigenvalue weighted by Gasteiger charge is -2.14. The van der Waals surface area contributed by atoms with Crippen molar-refractivity contribution >= 4 is 0 Å². The summed E-state index contributed by atoms with van der Waals surface area (Å²) in [6.07, 6.45) is 2.60. The van der Waals surface area contributed by atoms with Gasteiger partial charge in [-0.3, -0.25) is 0 Å². The van der Waals surface area contributed by atoms with Crippen LogP contribution in [0.25, 0.3) is 0 Å². The fourth-order valence-corrected chi connectivity index (χ4v) is 1.82. The van der Waals surface area contributed by atoms with Crippen LogP contribution in [-0.4, -0.2) is 0 Å². The maximum absolute atomic E-state index is 13.0.